The van der Waals surface area contributed by atoms with E-state index >= 15 is 0 Å². The number of hydrogen-bond donors (Lipinski definition) is 1. The van der Waals surface area contributed by atoms with Crippen LogP contribution in [-0.4, -0.2) is 4.98 Å². The van der Waals surface area contributed by atoms with Gasteiger partial charge in [-0.3, -0.25) is 0 Å². The minimum Gasteiger partial charge on any atom is -0.422 e. The number of para-hydroxylation sites is 1. The van der Waals surface area contributed by atoms with Crippen molar-refractivity contribution in [1.29, 1.82) is 0 Å². The maximum atomic E-state index is 11.9. The molecule has 0 radical (unpaired) electrons. The van der Waals surface area contributed by atoms with Crippen LogP contribution in [0, 0.1) is 6.92 Å². The molecule has 3 rings (SSSR count). The Hall–Kier alpha value is -2.36. The van der Waals surface area contributed by atoms with Gasteiger partial charge in [-0.1, -0.05) is 12.1 Å². The van der Waals surface area contributed by atoms with E-state index in [9.17, 15) is 4.79 Å². The van der Waals surface area contributed by atoms with E-state index in [1.165, 1.54) is 0 Å². The van der Waals surface area contributed by atoms with Gasteiger partial charge in [0.15, 0.2) is 0 Å². The predicted octanol–water partition coefficient (Wildman–Crippen LogP) is 2.23. The fourth-order valence-corrected chi connectivity index (χ4v) is 2.05. The summed E-state index contributed by atoms with van der Waals surface area (Å²) in [6, 6.07) is 8.98. The van der Waals surface area contributed by atoms with Gasteiger partial charge in [0.2, 0.25) is 0 Å². The average molecular weight is 226 g/mol. The SMILES string of the molecule is Cc1cc(N)nc2c1c(=O)oc1ccccc12. The fraction of sp³-hybridized carbons (Fsp3) is 0.0769. The van der Waals surface area contributed by atoms with Gasteiger partial charge in [-0.2, -0.15) is 0 Å². The molecular weight excluding hydrogens is 216 g/mol. The van der Waals surface area contributed by atoms with Gasteiger partial charge in [-0.15, -0.1) is 0 Å². The van der Waals surface area contributed by atoms with Crippen LogP contribution in [0.1, 0.15) is 5.56 Å². The normalized spacial score (nSPS) is 11.1. The molecule has 4 heteroatoms. The first-order valence-corrected chi connectivity index (χ1v) is 5.25. The van der Waals surface area contributed by atoms with E-state index in [4.69, 9.17) is 10.2 Å². The van der Waals surface area contributed by atoms with Crippen LogP contribution in [-0.2, 0) is 0 Å². The summed E-state index contributed by atoms with van der Waals surface area (Å²) >= 11 is 0. The highest BCUT2D eigenvalue weighted by atomic mass is 16.4. The summed E-state index contributed by atoms with van der Waals surface area (Å²) in [6.07, 6.45) is 0. The molecule has 2 aromatic heterocycles. The van der Waals surface area contributed by atoms with Crippen molar-refractivity contribution >= 4 is 27.7 Å². The van der Waals surface area contributed by atoms with Crippen LogP contribution in [0.4, 0.5) is 5.82 Å². The molecule has 0 saturated heterocycles. The highest BCUT2D eigenvalue weighted by Crippen LogP contribution is 2.23. The van der Waals surface area contributed by atoms with Gasteiger partial charge in [0, 0.05) is 5.39 Å². The molecule has 0 aliphatic carbocycles. The largest absolute Gasteiger partial charge is 0.422 e. The number of nitrogens with two attached hydrogens (primary N) is 1. The van der Waals surface area contributed by atoms with Crippen LogP contribution in [0.5, 0.6) is 0 Å². The Morgan fingerprint density at radius 2 is 2.06 bits per heavy atom. The molecule has 2 heterocycles. The number of fused-ring (bicyclic) bond motifs is 3. The summed E-state index contributed by atoms with van der Waals surface area (Å²) in [5, 5.41) is 1.30. The fourth-order valence-electron chi connectivity index (χ4n) is 2.05. The molecule has 0 bridgehead atoms. The number of aryl methyl sites for hydroxylation is 1. The van der Waals surface area contributed by atoms with Crippen molar-refractivity contribution < 1.29 is 4.42 Å². The molecule has 3 aromatic rings. The smallest absolute Gasteiger partial charge is 0.346 e. The van der Waals surface area contributed by atoms with E-state index in [1.807, 2.05) is 25.1 Å². The molecule has 17 heavy (non-hydrogen) atoms. The van der Waals surface area contributed by atoms with Gasteiger partial charge in [-0.25, -0.2) is 9.78 Å². The molecule has 0 amide bonds. The Morgan fingerprint density at radius 3 is 2.88 bits per heavy atom. The predicted molar refractivity (Wildman–Crippen MR) is 66.9 cm³/mol. The first kappa shape index (κ1) is 9.84. The average Bonchev–Trinajstić information content (AvgIpc) is 2.28. The van der Waals surface area contributed by atoms with Crippen molar-refractivity contribution in [3.8, 4) is 0 Å². The van der Waals surface area contributed by atoms with Crippen LogP contribution in [0.25, 0.3) is 21.9 Å². The monoisotopic (exact) mass is 226 g/mol. The molecule has 0 aliphatic heterocycles. The van der Waals surface area contributed by atoms with Crippen molar-refractivity contribution in [1.82, 2.24) is 4.98 Å². The highest BCUT2D eigenvalue weighted by Gasteiger charge is 2.11. The number of nitrogens with zero attached hydrogens (tertiary/aromatic N) is 1. The molecular formula is C13H10N2O2. The van der Waals surface area contributed by atoms with Gasteiger partial charge >= 0.3 is 5.63 Å². The zero-order valence-electron chi connectivity index (χ0n) is 9.23. The second-order valence-corrected chi connectivity index (χ2v) is 3.97. The summed E-state index contributed by atoms with van der Waals surface area (Å²) in [7, 11) is 0. The Balaban J connectivity index is 2.70. The zero-order valence-corrected chi connectivity index (χ0v) is 9.23. The second-order valence-electron chi connectivity index (χ2n) is 3.97. The summed E-state index contributed by atoms with van der Waals surface area (Å²) in [4.78, 5) is 16.1. The van der Waals surface area contributed by atoms with Crippen molar-refractivity contribution in [2.45, 2.75) is 6.92 Å². The third-order valence-electron chi connectivity index (χ3n) is 2.79. The lowest BCUT2D eigenvalue weighted by Gasteiger charge is -2.04. The van der Waals surface area contributed by atoms with Gasteiger partial charge in [0.25, 0.3) is 0 Å². The number of nitrogen functional groups attached to an aromatic ring is 1. The molecule has 4 nitrogen and oxygen atoms in total. The molecule has 0 aliphatic rings. The number of rotatable bonds is 0. The molecule has 1 aromatic carbocycles. The zero-order chi connectivity index (χ0) is 12.0. The molecule has 84 valence electrons. The molecule has 0 saturated carbocycles. The molecule has 0 spiro atoms. The Morgan fingerprint density at radius 1 is 1.29 bits per heavy atom. The third kappa shape index (κ3) is 1.38. The van der Waals surface area contributed by atoms with Gasteiger partial charge < -0.3 is 10.2 Å². The quantitative estimate of drug-likeness (QED) is 0.471. The molecule has 0 unspecified atom stereocenters. The lowest BCUT2D eigenvalue weighted by molar-refractivity contribution is 0.569. The van der Waals surface area contributed by atoms with Crippen molar-refractivity contribution in [3.05, 3.63) is 46.3 Å². The van der Waals surface area contributed by atoms with E-state index in [-0.39, 0.29) is 5.63 Å². The van der Waals surface area contributed by atoms with Crippen LogP contribution >= 0.6 is 0 Å². The van der Waals surface area contributed by atoms with E-state index in [0.717, 1.165) is 10.9 Å². The van der Waals surface area contributed by atoms with E-state index in [1.54, 1.807) is 12.1 Å². The lowest BCUT2D eigenvalue weighted by atomic mass is 10.1. The van der Waals surface area contributed by atoms with E-state index < -0.39 is 0 Å². The maximum Gasteiger partial charge on any atom is 0.346 e. The van der Waals surface area contributed by atoms with E-state index in [2.05, 4.69) is 4.98 Å². The Kier molecular flexibility index (Phi) is 1.92. The van der Waals surface area contributed by atoms with Crippen LogP contribution < -0.4 is 11.4 Å². The third-order valence-corrected chi connectivity index (χ3v) is 2.79. The van der Waals surface area contributed by atoms with Crippen LogP contribution in [0.3, 0.4) is 0 Å². The Labute approximate surface area is 96.7 Å². The number of aromatic nitrogens is 1. The number of pyridine rings is 1. The van der Waals surface area contributed by atoms with Gasteiger partial charge in [0.05, 0.1) is 10.9 Å². The summed E-state index contributed by atoms with van der Waals surface area (Å²) in [6.45, 7) is 1.83. The lowest BCUT2D eigenvalue weighted by Crippen LogP contribution is -2.04. The molecule has 0 atom stereocenters. The molecule has 2 N–H and O–H groups in total. The molecule has 0 fully saturated rings. The van der Waals surface area contributed by atoms with E-state index in [0.29, 0.717) is 22.3 Å². The highest BCUT2D eigenvalue weighted by molar-refractivity contribution is 6.03. The summed E-state index contributed by atoms with van der Waals surface area (Å²) in [5.41, 5.74) is 7.27. The van der Waals surface area contributed by atoms with Crippen molar-refractivity contribution in [2.24, 2.45) is 0 Å². The van der Waals surface area contributed by atoms with Crippen molar-refractivity contribution in [3.63, 3.8) is 0 Å². The minimum absolute atomic E-state index is 0.372. The first-order chi connectivity index (χ1) is 8.16. The number of anilines is 1. The first-order valence-electron chi connectivity index (χ1n) is 5.25. The second kappa shape index (κ2) is 3.31. The standard InChI is InChI=1S/C13H10N2O2/c1-7-6-10(14)15-12-8-4-2-3-5-9(8)17-13(16)11(7)12/h2-6H,1H3,(H2,14,15). The Bertz CT molecular complexity index is 790. The number of benzene rings is 1. The van der Waals surface area contributed by atoms with Gasteiger partial charge in [0.1, 0.15) is 11.4 Å². The minimum atomic E-state index is -0.372. The summed E-state index contributed by atoms with van der Waals surface area (Å²) in [5.74, 6) is 0.408. The maximum absolute atomic E-state index is 11.9. The van der Waals surface area contributed by atoms with Gasteiger partial charge in [-0.05, 0) is 30.7 Å². The topological polar surface area (TPSA) is 69.1 Å². The van der Waals surface area contributed by atoms with Crippen molar-refractivity contribution in [2.75, 3.05) is 5.73 Å². The summed E-state index contributed by atoms with van der Waals surface area (Å²) < 4.78 is 5.26. The van der Waals surface area contributed by atoms with Crippen LogP contribution in [0.2, 0.25) is 0 Å². The number of hydrogen-bond acceptors (Lipinski definition) is 4. The van der Waals surface area contributed by atoms with Crippen LogP contribution in [0.15, 0.2) is 39.5 Å².